The number of aromatic nitrogens is 1. The summed E-state index contributed by atoms with van der Waals surface area (Å²) >= 11 is 0. The average Bonchev–Trinajstić information content (AvgIpc) is 2.18. The molecule has 13 heavy (non-hydrogen) atoms. The summed E-state index contributed by atoms with van der Waals surface area (Å²) in [6.07, 6.45) is 0.453. The van der Waals surface area contributed by atoms with Crippen LogP contribution in [0.2, 0.25) is 0 Å². The van der Waals surface area contributed by atoms with Crippen LogP contribution in [-0.2, 0) is 11.3 Å². The second-order valence-corrected chi connectivity index (χ2v) is 2.62. The topological polar surface area (TPSA) is 68.0 Å². The highest BCUT2D eigenvalue weighted by Gasteiger charge is 1.99. The summed E-state index contributed by atoms with van der Waals surface area (Å²) in [5, 5.41) is 2.66. The van der Waals surface area contributed by atoms with Crippen molar-refractivity contribution in [2.24, 2.45) is 5.73 Å². The number of carbonyl (C=O) groups excluding carboxylic acids is 1. The lowest BCUT2D eigenvalue weighted by Crippen LogP contribution is -2.11. The van der Waals surface area contributed by atoms with Crippen LogP contribution in [0.3, 0.4) is 0 Å². The molecule has 1 aromatic rings. The van der Waals surface area contributed by atoms with E-state index < -0.39 is 0 Å². The molecule has 0 atom stereocenters. The Hall–Kier alpha value is -1.42. The van der Waals surface area contributed by atoms with E-state index in [1.165, 1.54) is 0 Å². The molecule has 70 valence electrons. The first kappa shape index (κ1) is 9.67. The number of hydrogen-bond donors (Lipinski definition) is 2. The Bertz CT molecular complexity index is 299. The molecule has 3 N–H and O–H groups in total. The monoisotopic (exact) mass is 179 g/mol. The Morgan fingerprint density at radius 2 is 2.38 bits per heavy atom. The van der Waals surface area contributed by atoms with Gasteiger partial charge >= 0.3 is 0 Å². The van der Waals surface area contributed by atoms with Gasteiger partial charge < -0.3 is 11.1 Å². The van der Waals surface area contributed by atoms with Gasteiger partial charge in [-0.2, -0.15) is 0 Å². The molecule has 0 spiro atoms. The maximum absolute atomic E-state index is 11.0. The van der Waals surface area contributed by atoms with Crippen molar-refractivity contribution < 1.29 is 4.79 Å². The van der Waals surface area contributed by atoms with Crippen molar-refractivity contribution in [1.82, 2.24) is 4.98 Å². The van der Waals surface area contributed by atoms with Gasteiger partial charge in [-0.1, -0.05) is 13.0 Å². The molecule has 0 saturated heterocycles. The second kappa shape index (κ2) is 4.57. The van der Waals surface area contributed by atoms with Gasteiger partial charge in [0.1, 0.15) is 5.82 Å². The summed E-state index contributed by atoms with van der Waals surface area (Å²) in [5.74, 6) is 0.525. The third-order valence-electron chi connectivity index (χ3n) is 1.60. The molecule has 0 saturated carbocycles. The predicted molar refractivity (Wildman–Crippen MR) is 51.0 cm³/mol. The summed E-state index contributed by atoms with van der Waals surface area (Å²) in [5.41, 5.74) is 6.18. The van der Waals surface area contributed by atoms with Crippen molar-refractivity contribution in [2.75, 3.05) is 5.32 Å². The zero-order chi connectivity index (χ0) is 9.68. The van der Waals surface area contributed by atoms with Crippen LogP contribution in [0, 0.1) is 0 Å². The Morgan fingerprint density at radius 3 is 3.00 bits per heavy atom. The van der Waals surface area contributed by atoms with Crippen molar-refractivity contribution in [1.29, 1.82) is 0 Å². The maximum atomic E-state index is 11.0. The number of carbonyl (C=O) groups is 1. The first-order valence-corrected chi connectivity index (χ1v) is 4.22. The Labute approximate surface area is 77.2 Å². The minimum absolute atomic E-state index is 0.0401. The number of nitrogens with two attached hydrogens (primary N) is 1. The number of anilines is 1. The van der Waals surface area contributed by atoms with E-state index in [2.05, 4.69) is 10.3 Å². The molecule has 1 rings (SSSR count). The minimum Gasteiger partial charge on any atom is -0.325 e. The standard InChI is InChI=1S/C9H13N3O/c1-2-9(13)12-8-5-3-4-7(6-10)11-8/h3-5H,2,6,10H2,1H3,(H,11,12,13). The molecular formula is C9H13N3O. The fraction of sp³-hybridized carbons (Fsp3) is 0.333. The van der Waals surface area contributed by atoms with Crippen molar-refractivity contribution >= 4 is 11.7 Å². The molecule has 0 bridgehead atoms. The average molecular weight is 179 g/mol. The highest BCUT2D eigenvalue weighted by Crippen LogP contribution is 2.04. The van der Waals surface area contributed by atoms with E-state index >= 15 is 0 Å². The molecule has 0 aliphatic heterocycles. The molecule has 4 nitrogen and oxygen atoms in total. The van der Waals surface area contributed by atoms with Gasteiger partial charge in [0.25, 0.3) is 0 Å². The van der Waals surface area contributed by atoms with Crippen LogP contribution in [0.5, 0.6) is 0 Å². The highest BCUT2D eigenvalue weighted by molar-refractivity contribution is 5.89. The molecule has 1 aromatic heterocycles. The summed E-state index contributed by atoms with van der Waals surface area (Å²) in [6, 6.07) is 5.38. The lowest BCUT2D eigenvalue weighted by molar-refractivity contribution is -0.115. The number of pyridine rings is 1. The molecule has 1 heterocycles. The molecule has 0 aromatic carbocycles. The van der Waals surface area contributed by atoms with Gasteiger partial charge in [-0.05, 0) is 12.1 Å². The van der Waals surface area contributed by atoms with Gasteiger partial charge in [0.05, 0.1) is 5.69 Å². The van der Waals surface area contributed by atoms with Gasteiger partial charge in [-0.3, -0.25) is 4.79 Å². The third-order valence-corrected chi connectivity index (χ3v) is 1.60. The van der Waals surface area contributed by atoms with Crippen molar-refractivity contribution in [3.8, 4) is 0 Å². The van der Waals surface area contributed by atoms with E-state index in [1.54, 1.807) is 13.0 Å². The first-order chi connectivity index (χ1) is 6.26. The third kappa shape index (κ3) is 2.83. The quantitative estimate of drug-likeness (QED) is 0.724. The van der Waals surface area contributed by atoms with Crippen LogP contribution in [0.1, 0.15) is 19.0 Å². The SMILES string of the molecule is CCC(=O)Nc1cccc(CN)n1. The molecular weight excluding hydrogens is 166 g/mol. The van der Waals surface area contributed by atoms with E-state index in [-0.39, 0.29) is 5.91 Å². The first-order valence-electron chi connectivity index (χ1n) is 4.22. The van der Waals surface area contributed by atoms with Crippen LogP contribution in [-0.4, -0.2) is 10.9 Å². The predicted octanol–water partition coefficient (Wildman–Crippen LogP) is 0.889. The van der Waals surface area contributed by atoms with Gasteiger partial charge in [0.15, 0.2) is 0 Å². The summed E-state index contributed by atoms with van der Waals surface area (Å²) in [4.78, 5) is 15.1. The number of nitrogens with one attached hydrogen (secondary N) is 1. The second-order valence-electron chi connectivity index (χ2n) is 2.62. The smallest absolute Gasteiger partial charge is 0.225 e. The molecule has 0 fully saturated rings. The van der Waals surface area contributed by atoms with E-state index in [1.807, 2.05) is 12.1 Å². The Morgan fingerprint density at radius 1 is 1.62 bits per heavy atom. The van der Waals surface area contributed by atoms with Crippen molar-refractivity contribution in [3.63, 3.8) is 0 Å². The largest absolute Gasteiger partial charge is 0.325 e. The molecule has 0 aliphatic carbocycles. The van der Waals surface area contributed by atoms with Crippen molar-refractivity contribution in [3.05, 3.63) is 23.9 Å². The molecule has 4 heteroatoms. The lowest BCUT2D eigenvalue weighted by atomic mass is 10.3. The Kier molecular flexibility index (Phi) is 3.40. The van der Waals surface area contributed by atoms with Gasteiger partial charge in [0.2, 0.25) is 5.91 Å². The van der Waals surface area contributed by atoms with Crippen LogP contribution >= 0.6 is 0 Å². The Balaban J connectivity index is 2.71. The van der Waals surface area contributed by atoms with E-state index in [9.17, 15) is 4.79 Å². The summed E-state index contributed by atoms with van der Waals surface area (Å²) in [7, 11) is 0. The highest BCUT2D eigenvalue weighted by atomic mass is 16.1. The van der Waals surface area contributed by atoms with Crippen LogP contribution in [0.25, 0.3) is 0 Å². The molecule has 1 amide bonds. The zero-order valence-corrected chi connectivity index (χ0v) is 7.58. The fourth-order valence-electron chi connectivity index (χ4n) is 0.894. The van der Waals surface area contributed by atoms with Crippen LogP contribution < -0.4 is 11.1 Å². The minimum atomic E-state index is -0.0401. The van der Waals surface area contributed by atoms with Gasteiger partial charge in [0, 0.05) is 13.0 Å². The van der Waals surface area contributed by atoms with E-state index in [0.29, 0.717) is 18.8 Å². The summed E-state index contributed by atoms with van der Waals surface area (Å²) < 4.78 is 0. The zero-order valence-electron chi connectivity index (χ0n) is 7.58. The molecule has 0 radical (unpaired) electrons. The normalized spacial score (nSPS) is 9.69. The van der Waals surface area contributed by atoms with Crippen molar-refractivity contribution in [2.45, 2.75) is 19.9 Å². The van der Waals surface area contributed by atoms with Crippen LogP contribution in [0.4, 0.5) is 5.82 Å². The van der Waals surface area contributed by atoms with E-state index in [0.717, 1.165) is 5.69 Å². The maximum Gasteiger partial charge on any atom is 0.225 e. The molecule has 0 aliphatic rings. The number of nitrogens with zero attached hydrogens (tertiary/aromatic N) is 1. The number of hydrogen-bond acceptors (Lipinski definition) is 3. The number of amides is 1. The number of rotatable bonds is 3. The van der Waals surface area contributed by atoms with Gasteiger partial charge in [-0.25, -0.2) is 4.98 Å². The molecule has 0 unspecified atom stereocenters. The van der Waals surface area contributed by atoms with Gasteiger partial charge in [-0.15, -0.1) is 0 Å². The lowest BCUT2D eigenvalue weighted by Gasteiger charge is -2.03. The van der Waals surface area contributed by atoms with E-state index in [4.69, 9.17) is 5.73 Å². The summed E-state index contributed by atoms with van der Waals surface area (Å²) in [6.45, 7) is 2.18. The fourth-order valence-corrected chi connectivity index (χ4v) is 0.894. The van der Waals surface area contributed by atoms with Crippen LogP contribution in [0.15, 0.2) is 18.2 Å².